The molecule has 0 amide bonds. The normalized spacial score (nSPS) is 10.8. The Balaban J connectivity index is 2.32. The molecule has 4 heteroatoms. The van der Waals surface area contributed by atoms with Gasteiger partial charge < -0.3 is 15.9 Å². The largest absolute Gasteiger partial charge is 0.464 e. The Hall–Kier alpha value is -2.49. The fraction of sp³-hybridized carbons (Fsp3) is 0. The second-order valence-electron chi connectivity index (χ2n) is 3.88. The summed E-state index contributed by atoms with van der Waals surface area (Å²) < 4.78 is 5.46. The van der Waals surface area contributed by atoms with Gasteiger partial charge in [0.2, 0.25) is 0 Å². The molecule has 4 N–H and O–H groups in total. The van der Waals surface area contributed by atoms with Crippen LogP contribution in [0.5, 0.6) is 0 Å². The third-order valence-corrected chi connectivity index (χ3v) is 2.63. The van der Waals surface area contributed by atoms with E-state index in [0.717, 1.165) is 22.2 Å². The zero-order valence-corrected chi connectivity index (χ0v) is 9.05. The lowest BCUT2D eigenvalue weighted by Crippen LogP contribution is -1.91. The molecule has 0 spiro atoms. The van der Waals surface area contributed by atoms with Crippen LogP contribution >= 0.6 is 0 Å². The van der Waals surface area contributed by atoms with Crippen LogP contribution in [0.1, 0.15) is 0 Å². The number of benzene rings is 1. The Morgan fingerprint density at radius 2 is 1.88 bits per heavy atom. The maximum Gasteiger partial charge on any atom is 0.143 e. The highest BCUT2D eigenvalue weighted by atomic mass is 16.3. The van der Waals surface area contributed by atoms with E-state index >= 15 is 0 Å². The zero-order chi connectivity index (χ0) is 11.8. The van der Waals surface area contributed by atoms with Crippen LogP contribution in [0.25, 0.3) is 22.2 Å². The van der Waals surface area contributed by atoms with Crippen LogP contribution in [0.3, 0.4) is 0 Å². The van der Waals surface area contributed by atoms with Gasteiger partial charge in [-0.15, -0.1) is 0 Å². The van der Waals surface area contributed by atoms with Gasteiger partial charge in [-0.05, 0) is 30.3 Å². The maximum atomic E-state index is 5.86. The van der Waals surface area contributed by atoms with Crippen LogP contribution in [0.15, 0.2) is 47.2 Å². The number of hydrogen-bond donors (Lipinski definition) is 2. The first kappa shape index (κ1) is 9.72. The SMILES string of the molecule is Nc1ccnc(-c2cc(N)cc3ccoc23)c1. The molecule has 2 aromatic heterocycles. The first-order chi connectivity index (χ1) is 8.24. The van der Waals surface area contributed by atoms with E-state index in [0.29, 0.717) is 11.4 Å². The van der Waals surface area contributed by atoms with E-state index < -0.39 is 0 Å². The highest BCUT2D eigenvalue weighted by Crippen LogP contribution is 2.31. The summed E-state index contributed by atoms with van der Waals surface area (Å²) >= 11 is 0. The number of furan rings is 1. The molecular formula is C13H11N3O. The minimum Gasteiger partial charge on any atom is -0.464 e. The summed E-state index contributed by atoms with van der Waals surface area (Å²) in [6.07, 6.45) is 3.31. The molecule has 0 atom stereocenters. The summed E-state index contributed by atoms with van der Waals surface area (Å²) in [4.78, 5) is 4.29. The van der Waals surface area contributed by atoms with Gasteiger partial charge in [0.25, 0.3) is 0 Å². The van der Waals surface area contributed by atoms with E-state index in [9.17, 15) is 0 Å². The van der Waals surface area contributed by atoms with Crippen LogP contribution < -0.4 is 11.5 Å². The topological polar surface area (TPSA) is 78.1 Å². The number of pyridine rings is 1. The second-order valence-corrected chi connectivity index (χ2v) is 3.88. The molecule has 84 valence electrons. The van der Waals surface area contributed by atoms with E-state index in [2.05, 4.69) is 4.98 Å². The van der Waals surface area contributed by atoms with Gasteiger partial charge in [-0.1, -0.05) is 0 Å². The van der Waals surface area contributed by atoms with E-state index in [4.69, 9.17) is 15.9 Å². The molecule has 2 heterocycles. The monoisotopic (exact) mass is 225 g/mol. The lowest BCUT2D eigenvalue weighted by atomic mass is 10.1. The van der Waals surface area contributed by atoms with Crippen molar-refractivity contribution < 1.29 is 4.42 Å². The smallest absolute Gasteiger partial charge is 0.143 e. The van der Waals surface area contributed by atoms with Gasteiger partial charge in [-0.2, -0.15) is 0 Å². The molecule has 1 aromatic carbocycles. The number of nitrogen functional groups attached to an aromatic ring is 2. The number of nitrogens with two attached hydrogens (primary N) is 2. The molecule has 0 bridgehead atoms. The number of hydrogen-bond acceptors (Lipinski definition) is 4. The third-order valence-electron chi connectivity index (χ3n) is 2.63. The van der Waals surface area contributed by atoms with Crippen molar-refractivity contribution in [3.8, 4) is 11.3 Å². The first-order valence-electron chi connectivity index (χ1n) is 5.23. The van der Waals surface area contributed by atoms with Crippen LogP contribution in [-0.2, 0) is 0 Å². The van der Waals surface area contributed by atoms with Gasteiger partial charge >= 0.3 is 0 Å². The summed E-state index contributed by atoms with van der Waals surface area (Å²) in [5.41, 5.74) is 15.3. The molecule has 0 aliphatic carbocycles. The van der Waals surface area contributed by atoms with Gasteiger partial charge in [-0.25, -0.2) is 0 Å². The van der Waals surface area contributed by atoms with Gasteiger partial charge in [0.15, 0.2) is 0 Å². The fourth-order valence-corrected chi connectivity index (χ4v) is 1.89. The number of rotatable bonds is 1. The molecule has 17 heavy (non-hydrogen) atoms. The molecule has 0 saturated carbocycles. The van der Waals surface area contributed by atoms with Crippen LogP contribution in [-0.4, -0.2) is 4.98 Å². The average molecular weight is 225 g/mol. The van der Waals surface area contributed by atoms with Crippen molar-refractivity contribution in [3.63, 3.8) is 0 Å². The highest BCUT2D eigenvalue weighted by Gasteiger charge is 2.09. The number of fused-ring (bicyclic) bond motifs is 1. The summed E-state index contributed by atoms with van der Waals surface area (Å²) in [7, 11) is 0. The molecular weight excluding hydrogens is 214 g/mol. The van der Waals surface area contributed by atoms with Gasteiger partial charge in [-0.3, -0.25) is 4.98 Å². The Morgan fingerprint density at radius 1 is 1.00 bits per heavy atom. The first-order valence-corrected chi connectivity index (χ1v) is 5.23. The molecule has 3 rings (SSSR count). The molecule has 0 aliphatic rings. The average Bonchev–Trinajstić information content (AvgIpc) is 2.75. The minimum absolute atomic E-state index is 0.664. The van der Waals surface area contributed by atoms with Crippen molar-refractivity contribution in [2.24, 2.45) is 0 Å². The molecule has 0 radical (unpaired) electrons. The predicted molar refractivity (Wildman–Crippen MR) is 68.3 cm³/mol. The van der Waals surface area contributed by atoms with Crippen molar-refractivity contribution in [3.05, 3.63) is 42.8 Å². The highest BCUT2D eigenvalue weighted by molar-refractivity contribution is 5.94. The Kier molecular flexibility index (Phi) is 2.01. The van der Waals surface area contributed by atoms with Crippen LogP contribution in [0.4, 0.5) is 11.4 Å². The van der Waals surface area contributed by atoms with Gasteiger partial charge in [0.1, 0.15) is 5.58 Å². The molecule has 3 aromatic rings. The fourth-order valence-electron chi connectivity index (χ4n) is 1.89. The van der Waals surface area contributed by atoms with Gasteiger partial charge in [0.05, 0.1) is 12.0 Å². The quantitative estimate of drug-likeness (QED) is 0.624. The number of anilines is 2. The van der Waals surface area contributed by atoms with Gasteiger partial charge in [0, 0.05) is 28.5 Å². The standard InChI is InChI=1S/C13H11N3O/c14-9-1-3-16-12(7-9)11-6-10(15)5-8-2-4-17-13(8)11/h1-7H,15H2,(H2,14,16). The number of nitrogens with zero attached hydrogens (tertiary/aromatic N) is 1. The maximum absolute atomic E-state index is 5.86. The van der Waals surface area contributed by atoms with Crippen molar-refractivity contribution in [1.82, 2.24) is 4.98 Å². The lowest BCUT2D eigenvalue weighted by Gasteiger charge is -2.04. The summed E-state index contributed by atoms with van der Waals surface area (Å²) in [6.45, 7) is 0. The van der Waals surface area contributed by atoms with Crippen molar-refractivity contribution in [2.45, 2.75) is 0 Å². The lowest BCUT2D eigenvalue weighted by molar-refractivity contribution is 0.616. The van der Waals surface area contributed by atoms with E-state index in [1.165, 1.54) is 0 Å². The Bertz CT molecular complexity index is 688. The summed E-state index contributed by atoms with van der Waals surface area (Å²) in [5.74, 6) is 0. The van der Waals surface area contributed by atoms with Crippen molar-refractivity contribution >= 4 is 22.3 Å². The van der Waals surface area contributed by atoms with E-state index in [-0.39, 0.29) is 0 Å². The Labute approximate surface area is 97.9 Å². The minimum atomic E-state index is 0.664. The molecule has 0 saturated heterocycles. The molecule has 0 unspecified atom stereocenters. The molecule has 0 fully saturated rings. The zero-order valence-electron chi connectivity index (χ0n) is 9.05. The van der Waals surface area contributed by atoms with Crippen molar-refractivity contribution in [2.75, 3.05) is 11.5 Å². The predicted octanol–water partition coefficient (Wildman–Crippen LogP) is 2.66. The third kappa shape index (κ3) is 1.59. The van der Waals surface area contributed by atoms with E-state index in [1.54, 1.807) is 24.6 Å². The number of aromatic nitrogens is 1. The Morgan fingerprint density at radius 3 is 2.71 bits per heavy atom. The molecule has 0 aliphatic heterocycles. The van der Waals surface area contributed by atoms with E-state index in [1.807, 2.05) is 18.2 Å². The molecule has 4 nitrogen and oxygen atoms in total. The summed E-state index contributed by atoms with van der Waals surface area (Å²) in [6, 6.07) is 9.13. The summed E-state index contributed by atoms with van der Waals surface area (Å²) in [5, 5.41) is 0.962. The van der Waals surface area contributed by atoms with Crippen LogP contribution in [0.2, 0.25) is 0 Å². The second kappa shape index (κ2) is 3.52. The van der Waals surface area contributed by atoms with Crippen LogP contribution in [0, 0.1) is 0 Å². The van der Waals surface area contributed by atoms with Crippen molar-refractivity contribution in [1.29, 1.82) is 0 Å².